The fourth-order valence-corrected chi connectivity index (χ4v) is 4.68. The molecule has 0 radical (unpaired) electrons. The molecule has 1 N–H and O–H groups in total. The fourth-order valence-electron chi connectivity index (χ4n) is 3.71. The highest BCUT2D eigenvalue weighted by Gasteiger charge is 2.39. The van der Waals surface area contributed by atoms with E-state index in [1.165, 1.54) is 17.0 Å². The lowest BCUT2D eigenvalue weighted by Crippen LogP contribution is -2.46. The molecule has 0 spiro atoms. The number of nitrogens with one attached hydrogen (secondary N) is 1. The van der Waals surface area contributed by atoms with Crippen LogP contribution in [0.3, 0.4) is 0 Å². The van der Waals surface area contributed by atoms with Gasteiger partial charge in [0.25, 0.3) is 0 Å². The van der Waals surface area contributed by atoms with Crippen molar-refractivity contribution in [1.29, 1.82) is 0 Å². The van der Waals surface area contributed by atoms with Crippen LogP contribution in [0.25, 0.3) is 0 Å². The third-order valence-electron chi connectivity index (χ3n) is 5.39. The standard InChI is InChI=1S/C25H22FN3O3S/c26-20-8-6-17(7-9-20)15-28-24(31)23(18-10-12-27-13-11-18)29(21-4-2-1-3-5-21)25(32)19-14-22(30)33-16-19/h1-13,19,23H,14-16H2,(H,28,31). The molecule has 1 aliphatic heterocycles. The summed E-state index contributed by atoms with van der Waals surface area (Å²) in [5, 5.41) is 2.85. The topological polar surface area (TPSA) is 79.4 Å². The van der Waals surface area contributed by atoms with E-state index in [-0.39, 0.29) is 35.7 Å². The molecule has 1 aliphatic rings. The van der Waals surface area contributed by atoms with Crippen molar-refractivity contribution < 1.29 is 18.8 Å². The van der Waals surface area contributed by atoms with Gasteiger partial charge in [-0.1, -0.05) is 42.1 Å². The smallest absolute Gasteiger partial charge is 0.248 e. The summed E-state index contributed by atoms with van der Waals surface area (Å²) in [6, 6.07) is 17.2. The molecule has 0 saturated carbocycles. The third-order valence-corrected chi connectivity index (χ3v) is 6.45. The number of benzene rings is 2. The normalized spacial score (nSPS) is 16.3. The van der Waals surface area contributed by atoms with Gasteiger partial charge in [-0.25, -0.2) is 4.39 Å². The van der Waals surface area contributed by atoms with Gasteiger partial charge in [-0.15, -0.1) is 0 Å². The van der Waals surface area contributed by atoms with E-state index in [2.05, 4.69) is 10.3 Å². The van der Waals surface area contributed by atoms with Gasteiger partial charge < -0.3 is 5.32 Å². The van der Waals surface area contributed by atoms with Crippen LogP contribution in [0.1, 0.15) is 23.6 Å². The van der Waals surface area contributed by atoms with Crippen molar-refractivity contribution in [2.75, 3.05) is 10.7 Å². The van der Waals surface area contributed by atoms with Crippen LogP contribution in [-0.4, -0.2) is 27.7 Å². The first-order valence-electron chi connectivity index (χ1n) is 10.5. The summed E-state index contributed by atoms with van der Waals surface area (Å²) in [4.78, 5) is 44.5. The highest BCUT2D eigenvalue weighted by atomic mass is 32.2. The minimum atomic E-state index is -0.968. The second kappa shape index (κ2) is 10.4. The predicted molar refractivity (Wildman–Crippen MR) is 125 cm³/mol. The molecule has 8 heteroatoms. The molecule has 2 aromatic carbocycles. The van der Waals surface area contributed by atoms with E-state index in [9.17, 15) is 18.8 Å². The molecular formula is C25H22FN3O3S. The van der Waals surface area contributed by atoms with Crippen molar-refractivity contribution in [3.05, 3.63) is 96.1 Å². The van der Waals surface area contributed by atoms with Crippen LogP contribution in [0.2, 0.25) is 0 Å². The molecule has 1 fully saturated rings. The van der Waals surface area contributed by atoms with Gasteiger partial charge >= 0.3 is 0 Å². The number of aromatic nitrogens is 1. The van der Waals surface area contributed by atoms with E-state index in [0.717, 1.165) is 17.3 Å². The van der Waals surface area contributed by atoms with E-state index in [4.69, 9.17) is 0 Å². The minimum Gasteiger partial charge on any atom is -0.350 e. The fraction of sp³-hybridized carbons (Fsp3) is 0.200. The summed E-state index contributed by atoms with van der Waals surface area (Å²) in [5.41, 5.74) is 1.88. The number of hydrogen-bond acceptors (Lipinski definition) is 5. The number of pyridine rings is 1. The van der Waals surface area contributed by atoms with Crippen molar-refractivity contribution in [1.82, 2.24) is 10.3 Å². The molecule has 3 aromatic rings. The average Bonchev–Trinajstić information content (AvgIpc) is 3.29. The lowest BCUT2D eigenvalue weighted by atomic mass is 10.00. The minimum absolute atomic E-state index is 0.0254. The molecule has 2 unspecified atom stereocenters. The molecule has 33 heavy (non-hydrogen) atoms. The first kappa shape index (κ1) is 22.7. The Bertz CT molecular complexity index is 1130. The predicted octanol–water partition coefficient (Wildman–Crippen LogP) is 3.89. The quantitative estimate of drug-likeness (QED) is 0.575. The van der Waals surface area contributed by atoms with Crippen molar-refractivity contribution in [3.63, 3.8) is 0 Å². The Balaban J connectivity index is 1.69. The second-order valence-corrected chi connectivity index (χ2v) is 8.73. The Morgan fingerprint density at radius 1 is 1.06 bits per heavy atom. The molecule has 2 atom stereocenters. The number of halogens is 1. The van der Waals surface area contributed by atoms with Gasteiger partial charge in [0, 0.05) is 36.8 Å². The van der Waals surface area contributed by atoms with Gasteiger partial charge in [-0.3, -0.25) is 24.3 Å². The number of para-hydroxylation sites is 1. The van der Waals surface area contributed by atoms with Gasteiger partial charge in [0.05, 0.1) is 5.92 Å². The van der Waals surface area contributed by atoms with Gasteiger partial charge in [0.15, 0.2) is 5.12 Å². The van der Waals surface area contributed by atoms with E-state index < -0.39 is 12.0 Å². The van der Waals surface area contributed by atoms with Gasteiger partial charge in [-0.05, 0) is 47.5 Å². The summed E-state index contributed by atoms with van der Waals surface area (Å²) in [6.45, 7) is 0.176. The van der Waals surface area contributed by atoms with Crippen molar-refractivity contribution in [2.24, 2.45) is 5.92 Å². The molecule has 1 saturated heterocycles. The van der Waals surface area contributed by atoms with E-state index in [1.54, 1.807) is 60.9 Å². The third kappa shape index (κ3) is 5.46. The Morgan fingerprint density at radius 2 is 1.76 bits per heavy atom. The number of rotatable bonds is 7. The molecular weight excluding hydrogens is 441 g/mol. The van der Waals surface area contributed by atoms with Crippen molar-refractivity contribution in [3.8, 4) is 0 Å². The molecule has 6 nitrogen and oxygen atoms in total. The Labute approximate surface area is 195 Å². The molecule has 4 rings (SSSR count). The van der Waals surface area contributed by atoms with E-state index >= 15 is 0 Å². The van der Waals surface area contributed by atoms with Crippen molar-refractivity contribution in [2.45, 2.75) is 19.0 Å². The van der Waals surface area contributed by atoms with Gasteiger partial charge in [0.1, 0.15) is 11.9 Å². The van der Waals surface area contributed by atoms with Crippen molar-refractivity contribution >= 4 is 34.4 Å². The molecule has 1 aromatic heterocycles. The lowest BCUT2D eigenvalue weighted by Gasteiger charge is -2.33. The summed E-state index contributed by atoms with van der Waals surface area (Å²) < 4.78 is 13.2. The first-order chi connectivity index (χ1) is 16.0. The number of thioether (sulfide) groups is 1. The van der Waals surface area contributed by atoms with Crippen LogP contribution in [0.5, 0.6) is 0 Å². The molecule has 168 valence electrons. The van der Waals surface area contributed by atoms with Crippen LogP contribution in [0, 0.1) is 11.7 Å². The molecule has 0 bridgehead atoms. The van der Waals surface area contributed by atoms with Crippen LogP contribution in [-0.2, 0) is 20.9 Å². The highest BCUT2D eigenvalue weighted by Crippen LogP contribution is 2.34. The van der Waals surface area contributed by atoms with Crippen LogP contribution in [0.4, 0.5) is 10.1 Å². The maximum atomic E-state index is 13.6. The highest BCUT2D eigenvalue weighted by molar-refractivity contribution is 8.14. The van der Waals surface area contributed by atoms with Crippen LogP contribution >= 0.6 is 11.8 Å². The maximum Gasteiger partial charge on any atom is 0.248 e. The van der Waals surface area contributed by atoms with E-state index in [0.29, 0.717) is 17.0 Å². The number of carbonyl (C=O) groups is 3. The van der Waals surface area contributed by atoms with Crippen LogP contribution < -0.4 is 10.2 Å². The molecule has 0 aliphatic carbocycles. The zero-order chi connectivity index (χ0) is 23.2. The Hall–Kier alpha value is -3.52. The number of hydrogen-bond donors (Lipinski definition) is 1. The average molecular weight is 464 g/mol. The van der Waals surface area contributed by atoms with Crippen LogP contribution in [0.15, 0.2) is 79.1 Å². The molecule has 2 heterocycles. The summed E-state index contributed by atoms with van der Waals surface area (Å²) in [6.07, 6.45) is 3.28. The number of amides is 2. The lowest BCUT2D eigenvalue weighted by molar-refractivity contribution is -0.128. The number of anilines is 1. The Kier molecular flexibility index (Phi) is 7.14. The zero-order valence-corrected chi connectivity index (χ0v) is 18.5. The maximum absolute atomic E-state index is 13.6. The summed E-state index contributed by atoms with van der Waals surface area (Å²) in [5.74, 6) is -1.14. The number of carbonyl (C=O) groups excluding carboxylic acids is 3. The summed E-state index contributed by atoms with van der Waals surface area (Å²) in [7, 11) is 0. The SMILES string of the molecule is O=C1CC(C(=O)N(c2ccccc2)C(C(=O)NCc2ccc(F)cc2)c2ccncc2)CS1. The first-order valence-corrected chi connectivity index (χ1v) is 11.5. The largest absolute Gasteiger partial charge is 0.350 e. The second-order valence-electron chi connectivity index (χ2n) is 7.66. The molecule has 2 amide bonds. The Morgan fingerprint density at radius 3 is 2.39 bits per heavy atom. The van der Waals surface area contributed by atoms with Gasteiger partial charge in [-0.2, -0.15) is 0 Å². The monoisotopic (exact) mass is 463 g/mol. The van der Waals surface area contributed by atoms with Gasteiger partial charge in [0.2, 0.25) is 11.8 Å². The zero-order valence-electron chi connectivity index (χ0n) is 17.7. The number of nitrogens with zero attached hydrogens (tertiary/aromatic N) is 2. The summed E-state index contributed by atoms with van der Waals surface area (Å²) >= 11 is 1.14. The van der Waals surface area contributed by atoms with E-state index in [1.807, 2.05) is 6.07 Å².